The van der Waals surface area contributed by atoms with Gasteiger partial charge in [-0.15, -0.1) is 0 Å². The first-order chi connectivity index (χ1) is 22.0. The van der Waals surface area contributed by atoms with Gasteiger partial charge in [0.25, 0.3) is 0 Å². The third-order valence-electron chi connectivity index (χ3n) is 6.57. The zero-order valence-electron chi connectivity index (χ0n) is 25.9. The number of aromatic nitrogens is 2. The summed E-state index contributed by atoms with van der Waals surface area (Å²) >= 11 is 6.54. The van der Waals surface area contributed by atoms with Crippen LogP contribution in [0.3, 0.4) is 0 Å². The Hall–Kier alpha value is -3.96. The lowest BCUT2D eigenvalue weighted by molar-refractivity contribution is -0.142. The standard InChI is InChI=1S/C32H39ClN4O8S/c1-23(25-7-9-28(10-8-25)45-21-27-11-12-35-32(36-27)37-46(2,40)41)17-24-18-26(20-34)31(29(33)19-24)44-16-5-3-4-13-42-14-6-15-43-22-30(38)39/h7-12,18-19,23H,3-6,13-17,21-22H2,1-2H3,(H,38,39)(H,35,36,37)/t23-/m1/s1. The van der Waals surface area contributed by atoms with Crippen molar-refractivity contribution < 1.29 is 37.3 Å². The quantitative estimate of drug-likeness (QED) is 0.140. The van der Waals surface area contributed by atoms with Crippen LogP contribution in [0.15, 0.2) is 48.7 Å². The van der Waals surface area contributed by atoms with Crippen molar-refractivity contribution >= 4 is 33.5 Å². The minimum Gasteiger partial charge on any atom is -0.491 e. The summed E-state index contributed by atoms with van der Waals surface area (Å²) in [6.07, 6.45) is 6.33. The van der Waals surface area contributed by atoms with E-state index in [4.69, 9.17) is 35.7 Å². The number of carboxylic acid groups (broad SMARTS) is 1. The number of nitriles is 1. The summed E-state index contributed by atoms with van der Waals surface area (Å²) < 4.78 is 47.2. The molecule has 0 spiro atoms. The zero-order chi connectivity index (χ0) is 33.4. The van der Waals surface area contributed by atoms with Gasteiger partial charge < -0.3 is 24.1 Å². The predicted molar refractivity (Wildman–Crippen MR) is 173 cm³/mol. The summed E-state index contributed by atoms with van der Waals surface area (Å²) in [7, 11) is -3.48. The maximum absolute atomic E-state index is 11.4. The lowest BCUT2D eigenvalue weighted by Crippen LogP contribution is -2.13. The summed E-state index contributed by atoms with van der Waals surface area (Å²) in [5, 5.41) is 18.7. The molecule has 1 heterocycles. The number of carboxylic acids is 1. The fourth-order valence-corrected chi connectivity index (χ4v) is 5.12. The molecule has 3 rings (SSSR count). The number of halogens is 1. The molecule has 0 unspecified atom stereocenters. The Morgan fingerprint density at radius 2 is 1.74 bits per heavy atom. The highest BCUT2D eigenvalue weighted by atomic mass is 35.5. The Labute approximate surface area is 274 Å². The number of hydrogen-bond donors (Lipinski definition) is 2. The maximum atomic E-state index is 11.4. The van der Waals surface area contributed by atoms with E-state index in [1.54, 1.807) is 6.07 Å². The van der Waals surface area contributed by atoms with Gasteiger partial charge in [-0.2, -0.15) is 5.26 Å². The first kappa shape index (κ1) is 36.5. The van der Waals surface area contributed by atoms with Crippen LogP contribution in [0.5, 0.6) is 11.5 Å². The van der Waals surface area contributed by atoms with Crippen molar-refractivity contribution in [2.45, 2.75) is 51.6 Å². The van der Waals surface area contributed by atoms with Crippen LogP contribution in [0.4, 0.5) is 5.95 Å². The van der Waals surface area contributed by atoms with Crippen LogP contribution >= 0.6 is 11.6 Å². The van der Waals surface area contributed by atoms with Crippen molar-refractivity contribution in [1.29, 1.82) is 5.26 Å². The summed E-state index contributed by atoms with van der Waals surface area (Å²) in [5.41, 5.74) is 2.93. The number of rotatable bonds is 21. The Morgan fingerprint density at radius 3 is 2.46 bits per heavy atom. The molecule has 0 bridgehead atoms. The summed E-state index contributed by atoms with van der Waals surface area (Å²) in [6, 6.07) is 15.2. The van der Waals surface area contributed by atoms with E-state index in [2.05, 4.69) is 27.7 Å². The molecule has 0 saturated heterocycles. The van der Waals surface area contributed by atoms with Crippen molar-refractivity contribution in [1.82, 2.24) is 9.97 Å². The van der Waals surface area contributed by atoms with Crippen LogP contribution in [0, 0.1) is 11.3 Å². The number of carbonyl (C=O) groups is 1. The van der Waals surface area contributed by atoms with Gasteiger partial charge in [0.15, 0.2) is 5.75 Å². The van der Waals surface area contributed by atoms with Gasteiger partial charge in [0, 0.05) is 26.0 Å². The van der Waals surface area contributed by atoms with E-state index in [0.29, 0.717) is 67.0 Å². The fourth-order valence-electron chi connectivity index (χ4n) is 4.39. The third-order valence-corrected chi connectivity index (χ3v) is 7.41. The molecular weight excluding hydrogens is 636 g/mol. The van der Waals surface area contributed by atoms with Gasteiger partial charge in [-0.3, -0.25) is 4.72 Å². The molecule has 1 atom stereocenters. The molecule has 0 aliphatic carbocycles. The van der Waals surface area contributed by atoms with Crippen LogP contribution < -0.4 is 14.2 Å². The van der Waals surface area contributed by atoms with Crippen LogP contribution in [0.2, 0.25) is 5.02 Å². The molecular formula is C32H39ClN4O8S. The topological polar surface area (TPSA) is 170 Å². The molecule has 248 valence electrons. The summed E-state index contributed by atoms with van der Waals surface area (Å²) in [4.78, 5) is 18.4. The number of hydrogen-bond acceptors (Lipinski definition) is 10. The molecule has 0 aliphatic heterocycles. The third kappa shape index (κ3) is 13.6. The van der Waals surface area contributed by atoms with Crippen molar-refractivity contribution in [2.75, 3.05) is 44.0 Å². The van der Waals surface area contributed by atoms with Gasteiger partial charge in [-0.25, -0.2) is 23.2 Å². The fraction of sp³-hybridized carbons (Fsp3) is 0.438. The lowest BCUT2D eigenvalue weighted by Gasteiger charge is -2.16. The monoisotopic (exact) mass is 674 g/mol. The first-order valence-corrected chi connectivity index (χ1v) is 17.1. The molecule has 14 heteroatoms. The Balaban J connectivity index is 1.42. The lowest BCUT2D eigenvalue weighted by atomic mass is 9.93. The predicted octanol–water partition coefficient (Wildman–Crippen LogP) is 5.36. The molecule has 12 nitrogen and oxygen atoms in total. The van der Waals surface area contributed by atoms with E-state index in [0.717, 1.165) is 36.6 Å². The molecule has 1 aromatic heterocycles. The number of sulfonamides is 1. The number of unbranched alkanes of at least 4 members (excludes halogenated alkanes) is 2. The molecule has 0 amide bonds. The molecule has 0 fully saturated rings. The molecule has 0 aliphatic rings. The minimum atomic E-state index is -3.48. The SMILES string of the molecule is C[C@H](Cc1cc(Cl)c(OCCCCCOCCCOCC(=O)O)c(C#N)c1)c1ccc(OCc2ccnc(NS(C)(=O)=O)n2)cc1. The maximum Gasteiger partial charge on any atom is 0.329 e. The van der Waals surface area contributed by atoms with E-state index in [1.807, 2.05) is 36.4 Å². The molecule has 3 aromatic rings. The van der Waals surface area contributed by atoms with Crippen molar-refractivity contribution in [3.8, 4) is 17.6 Å². The molecule has 2 aromatic carbocycles. The normalized spacial score (nSPS) is 11.9. The minimum absolute atomic E-state index is 0.0125. The van der Waals surface area contributed by atoms with Gasteiger partial charge in [0.2, 0.25) is 16.0 Å². The van der Waals surface area contributed by atoms with E-state index in [-0.39, 0.29) is 25.1 Å². The Kier molecular flexibility index (Phi) is 15.0. The summed E-state index contributed by atoms with van der Waals surface area (Å²) in [6.45, 7) is 3.84. The molecule has 2 N–H and O–H groups in total. The van der Waals surface area contributed by atoms with Crippen LogP contribution in [-0.2, 0) is 37.3 Å². The Morgan fingerprint density at radius 1 is 1.02 bits per heavy atom. The second kappa shape index (κ2) is 18.9. The number of anilines is 1. The van der Waals surface area contributed by atoms with E-state index >= 15 is 0 Å². The van der Waals surface area contributed by atoms with Crippen molar-refractivity contribution in [3.63, 3.8) is 0 Å². The van der Waals surface area contributed by atoms with Gasteiger partial charge in [0.05, 0.1) is 29.1 Å². The van der Waals surface area contributed by atoms with Crippen molar-refractivity contribution in [2.24, 2.45) is 0 Å². The van der Waals surface area contributed by atoms with Crippen LogP contribution in [0.1, 0.15) is 60.9 Å². The number of nitrogens with zero attached hydrogens (tertiary/aromatic N) is 3. The van der Waals surface area contributed by atoms with Crippen molar-refractivity contribution in [3.05, 3.63) is 76.1 Å². The van der Waals surface area contributed by atoms with Gasteiger partial charge >= 0.3 is 5.97 Å². The number of benzene rings is 2. The van der Waals surface area contributed by atoms with Crippen LogP contribution in [0.25, 0.3) is 0 Å². The number of aliphatic carboxylic acids is 1. The second-order valence-corrected chi connectivity index (χ2v) is 12.8. The molecule has 0 radical (unpaired) electrons. The zero-order valence-corrected chi connectivity index (χ0v) is 27.5. The molecule has 0 saturated carbocycles. The number of nitrogens with one attached hydrogen (secondary N) is 1. The van der Waals surface area contributed by atoms with E-state index in [9.17, 15) is 18.5 Å². The van der Waals surface area contributed by atoms with Gasteiger partial charge in [0.1, 0.15) is 25.0 Å². The average Bonchev–Trinajstić information content (AvgIpc) is 3.00. The first-order valence-electron chi connectivity index (χ1n) is 14.8. The smallest absolute Gasteiger partial charge is 0.329 e. The average molecular weight is 675 g/mol. The van der Waals surface area contributed by atoms with Crippen LogP contribution in [-0.4, -0.2) is 68.8 Å². The highest BCUT2D eigenvalue weighted by molar-refractivity contribution is 7.91. The van der Waals surface area contributed by atoms with Gasteiger partial charge in [-0.05, 0) is 79.5 Å². The second-order valence-electron chi connectivity index (χ2n) is 10.6. The highest BCUT2D eigenvalue weighted by Crippen LogP contribution is 2.33. The van der Waals surface area contributed by atoms with Gasteiger partial charge in [-0.1, -0.05) is 30.7 Å². The Bertz CT molecular complexity index is 1570. The van der Waals surface area contributed by atoms with E-state index < -0.39 is 16.0 Å². The number of ether oxygens (including phenoxy) is 4. The molecule has 46 heavy (non-hydrogen) atoms. The summed E-state index contributed by atoms with van der Waals surface area (Å²) in [5.74, 6) is 0.167. The van der Waals surface area contributed by atoms with E-state index in [1.165, 1.54) is 6.20 Å². The largest absolute Gasteiger partial charge is 0.491 e. The highest BCUT2D eigenvalue weighted by Gasteiger charge is 2.15.